The highest BCUT2D eigenvalue weighted by atomic mass is 16.5. The van der Waals surface area contributed by atoms with Gasteiger partial charge in [0.25, 0.3) is 0 Å². The predicted molar refractivity (Wildman–Crippen MR) is 95.1 cm³/mol. The van der Waals surface area contributed by atoms with Crippen molar-refractivity contribution in [2.24, 2.45) is 0 Å². The second-order valence-electron chi connectivity index (χ2n) is 6.64. The zero-order chi connectivity index (χ0) is 18.1. The number of nitrogens with one attached hydrogen (secondary N) is 1. The molecule has 2 amide bonds. The average Bonchev–Trinajstić information content (AvgIpc) is 3.00. The molecule has 1 N–H and O–H groups in total. The van der Waals surface area contributed by atoms with Crippen LogP contribution in [0.2, 0.25) is 0 Å². The number of carbonyl (C=O) groups is 1. The van der Waals surface area contributed by atoms with Crippen molar-refractivity contribution in [1.82, 2.24) is 10.2 Å². The Hall–Kier alpha value is -3.20. The summed E-state index contributed by atoms with van der Waals surface area (Å²) in [5.74, 6) is 1.55. The molecule has 2 aromatic carbocycles. The van der Waals surface area contributed by atoms with Gasteiger partial charge in [0.1, 0.15) is 24.2 Å². The van der Waals surface area contributed by atoms with Crippen LogP contribution in [0.25, 0.3) is 0 Å². The molecule has 0 aromatic heterocycles. The van der Waals surface area contributed by atoms with Crippen LogP contribution in [-0.2, 0) is 0 Å². The molecule has 0 aliphatic carbocycles. The third kappa shape index (κ3) is 3.16. The fourth-order valence-corrected chi connectivity index (χ4v) is 3.17. The van der Waals surface area contributed by atoms with Crippen molar-refractivity contribution in [3.63, 3.8) is 0 Å². The monoisotopic (exact) mass is 349 g/mol. The zero-order valence-corrected chi connectivity index (χ0v) is 14.4. The van der Waals surface area contributed by atoms with Gasteiger partial charge in [-0.1, -0.05) is 17.7 Å². The number of ether oxygens (including phenoxy) is 2. The molecule has 6 heteroatoms. The van der Waals surface area contributed by atoms with E-state index < -0.39 is 0 Å². The van der Waals surface area contributed by atoms with Crippen molar-refractivity contribution in [1.29, 1.82) is 5.26 Å². The quantitative estimate of drug-likeness (QED) is 0.925. The summed E-state index contributed by atoms with van der Waals surface area (Å²) in [4.78, 5) is 14.1. The van der Waals surface area contributed by atoms with E-state index in [9.17, 15) is 4.79 Å². The maximum Gasteiger partial charge on any atom is 0.318 e. The number of carbonyl (C=O) groups excluding carboxylic acids is 1. The molecule has 26 heavy (non-hydrogen) atoms. The normalized spacial score (nSPS) is 18.3. The molecule has 0 saturated carbocycles. The maximum absolute atomic E-state index is 12.4. The standard InChI is InChI=1S/C20H19N3O3/c1-13-2-7-19-17(8-13)18(12-25-19)22-20(24)23-10-16(11-23)26-15-5-3-14(9-21)4-6-15/h2-8,16,18H,10-12H2,1H3,(H,22,24)/t18-/m1/s1. The number of benzene rings is 2. The molecular formula is C20H19N3O3. The summed E-state index contributed by atoms with van der Waals surface area (Å²) in [5, 5.41) is 11.8. The van der Waals surface area contributed by atoms with Crippen LogP contribution in [-0.4, -0.2) is 36.7 Å². The van der Waals surface area contributed by atoms with E-state index in [4.69, 9.17) is 14.7 Å². The molecule has 2 aliphatic rings. The lowest BCUT2D eigenvalue weighted by Crippen LogP contribution is -2.59. The summed E-state index contributed by atoms with van der Waals surface area (Å²) in [5.41, 5.74) is 2.78. The number of aryl methyl sites for hydroxylation is 1. The van der Waals surface area contributed by atoms with Crippen molar-refractivity contribution in [3.05, 3.63) is 59.2 Å². The minimum atomic E-state index is -0.115. The van der Waals surface area contributed by atoms with Gasteiger partial charge in [-0.25, -0.2) is 4.79 Å². The first-order chi connectivity index (χ1) is 12.6. The number of likely N-dealkylation sites (tertiary alicyclic amines) is 1. The Morgan fingerprint density at radius 1 is 1.27 bits per heavy atom. The zero-order valence-electron chi connectivity index (χ0n) is 14.4. The second-order valence-corrected chi connectivity index (χ2v) is 6.64. The van der Waals surface area contributed by atoms with Crippen molar-refractivity contribution < 1.29 is 14.3 Å². The Morgan fingerprint density at radius 2 is 2.04 bits per heavy atom. The lowest BCUT2D eigenvalue weighted by atomic mass is 10.1. The van der Waals surface area contributed by atoms with Crippen LogP contribution in [0.15, 0.2) is 42.5 Å². The summed E-state index contributed by atoms with van der Waals surface area (Å²) < 4.78 is 11.5. The molecule has 0 bridgehead atoms. The first-order valence-corrected chi connectivity index (χ1v) is 8.58. The van der Waals surface area contributed by atoms with E-state index in [0.717, 1.165) is 16.9 Å². The van der Waals surface area contributed by atoms with Gasteiger partial charge in [0.15, 0.2) is 0 Å². The molecule has 1 saturated heterocycles. The molecule has 132 valence electrons. The van der Waals surface area contributed by atoms with E-state index in [2.05, 4.69) is 17.5 Å². The SMILES string of the molecule is Cc1ccc2c(c1)[C@H](NC(=O)N1CC(Oc3ccc(C#N)cc3)C1)CO2. The number of amides is 2. The Bertz CT molecular complexity index is 867. The topological polar surface area (TPSA) is 74.6 Å². The van der Waals surface area contributed by atoms with Gasteiger partial charge in [0.05, 0.1) is 30.8 Å². The van der Waals surface area contributed by atoms with E-state index in [1.807, 2.05) is 19.1 Å². The summed E-state index contributed by atoms with van der Waals surface area (Å²) >= 11 is 0. The highest BCUT2D eigenvalue weighted by molar-refractivity contribution is 5.76. The van der Waals surface area contributed by atoms with E-state index in [0.29, 0.717) is 31.0 Å². The van der Waals surface area contributed by atoms with E-state index >= 15 is 0 Å². The lowest BCUT2D eigenvalue weighted by Gasteiger charge is -2.39. The highest BCUT2D eigenvalue weighted by Crippen LogP contribution is 2.33. The Morgan fingerprint density at radius 3 is 2.77 bits per heavy atom. The van der Waals surface area contributed by atoms with Gasteiger partial charge in [0.2, 0.25) is 0 Å². The average molecular weight is 349 g/mol. The van der Waals surface area contributed by atoms with Crippen LogP contribution in [0.1, 0.15) is 22.7 Å². The molecule has 6 nitrogen and oxygen atoms in total. The Labute approximate surface area is 151 Å². The minimum absolute atomic E-state index is 0.0250. The van der Waals surface area contributed by atoms with Gasteiger partial charge < -0.3 is 19.7 Å². The number of urea groups is 1. The van der Waals surface area contributed by atoms with Crippen LogP contribution in [0.4, 0.5) is 4.79 Å². The smallest absolute Gasteiger partial charge is 0.318 e. The van der Waals surface area contributed by atoms with Crippen LogP contribution in [0.5, 0.6) is 11.5 Å². The van der Waals surface area contributed by atoms with Crippen LogP contribution < -0.4 is 14.8 Å². The number of hydrogen-bond donors (Lipinski definition) is 1. The largest absolute Gasteiger partial charge is 0.491 e. The molecule has 1 atom stereocenters. The number of nitriles is 1. The van der Waals surface area contributed by atoms with Crippen molar-refractivity contribution in [2.75, 3.05) is 19.7 Å². The molecule has 4 rings (SSSR count). The minimum Gasteiger partial charge on any atom is -0.491 e. The van der Waals surface area contributed by atoms with Crippen molar-refractivity contribution >= 4 is 6.03 Å². The molecule has 0 unspecified atom stereocenters. The van der Waals surface area contributed by atoms with Gasteiger partial charge in [-0.3, -0.25) is 0 Å². The summed E-state index contributed by atoms with van der Waals surface area (Å²) in [6.07, 6.45) is -0.0250. The molecule has 0 radical (unpaired) electrons. The summed E-state index contributed by atoms with van der Waals surface area (Å²) in [7, 11) is 0. The number of nitrogens with zero attached hydrogens (tertiary/aromatic N) is 2. The summed E-state index contributed by atoms with van der Waals surface area (Å²) in [6.45, 7) is 3.57. The third-order valence-corrected chi connectivity index (χ3v) is 4.67. The molecule has 2 heterocycles. The van der Waals surface area contributed by atoms with Gasteiger partial charge in [0, 0.05) is 5.56 Å². The Balaban J connectivity index is 1.29. The van der Waals surface area contributed by atoms with E-state index in [1.165, 1.54) is 0 Å². The van der Waals surface area contributed by atoms with Crippen molar-refractivity contribution in [3.8, 4) is 17.6 Å². The third-order valence-electron chi connectivity index (χ3n) is 4.67. The van der Waals surface area contributed by atoms with Gasteiger partial charge in [-0.2, -0.15) is 5.26 Å². The molecular weight excluding hydrogens is 330 g/mol. The van der Waals surface area contributed by atoms with Gasteiger partial charge in [-0.15, -0.1) is 0 Å². The fraction of sp³-hybridized carbons (Fsp3) is 0.300. The Kier molecular flexibility index (Phi) is 4.13. The highest BCUT2D eigenvalue weighted by Gasteiger charge is 2.35. The summed E-state index contributed by atoms with van der Waals surface area (Å²) in [6, 6.07) is 14.9. The lowest BCUT2D eigenvalue weighted by molar-refractivity contribution is 0.0431. The van der Waals surface area contributed by atoms with Gasteiger partial charge in [-0.05, 0) is 37.3 Å². The fourth-order valence-electron chi connectivity index (χ4n) is 3.17. The van der Waals surface area contributed by atoms with Gasteiger partial charge >= 0.3 is 6.03 Å². The second kappa shape index (κ2) is 6.60. The number of fused-ring (bicyclic) bond motifs is 1. The molecule has 2 aromatic rings. The van der Waals surface area contributed by atoms with Crippen LogP contribution in [0.3, 0.4) is 0 Å². The predicted octanol–water partition coefficient (Wildman–Crippen LogP) is 2.77. The first-order valence-electron chi connectivity index (χ1n) is 8.58. The number of hydrogen-bond acceptors (Lipinski definition) is 4. The van der Waals surface area contributed by atoms with E-state index in [1.54, 1.807) is 29.2 Å². The van der Waals surface area contributed by atoms with E-state index in [-0.39, 0.29) is 18.2 Å². The molecule has 0 spiro atoms. The van der Waals surface area contributed by atoms with Crippen molar-refractivity contribution in [2.45, 2.75) is 19.1 Å². The number of rotatable bonds is 3. The van der Waals surface area contributed by atoms with Crippen LogP contribution >= 0.6 is 0 Å². The first kappa shape index (κ1) is 16.3. The maximum atomic E-state index is 12.4. The molecule has 1 fully saturated rings. The molecule has 2 aliphatic heterocycles. The van der Waals surface area contributed by atoms with Crippen LogP contribution in [0, 0.1) is 18.3 Å².